The minimum absolute atomic E-state index is 0.109. The summed E-state index contributed by atoms with van der Waals surface area (Å²) in [6, 6.07) is 3.40. The van der Waals surface area contributed by atoms with Gasteiger partial charge in [-0.1, -0.05) is 11.6 Å². The molecule has 0 unspecified atom stereocenters. The van der Waals surface area contributed by atoms with Crippen LogP contribution in [0.2, 0.25) is 5.15 Å². The molecule has 114 valence electrons. The van der Waals surface area contributed by atoms with Crippen molar-refractivity contribution < 1.29 is 19.3 Å². The number of nitrogens with zero attached hydrogens (tertiary/aromatic N) is 2. The second-order valence-electron chi connectivity index (χ2n) is 4.33. The van der Waals surface area contributed by atoms with Crippen molar-refractivity contribution in [3.05, 3.63) is 34.9 Å². The number of benzene rings is 1. The van der Waals surface area contributed by atoms with E-state index in [4.69, 9.17) is 25.8 Å². The molecule has 21 heavy (non-hydrogen) atoms. The number of aromatic nitrogens is 2. The number of rotatable bonds is 6. The van der Waals surface area contributed by atoms with Gasteiger partial charge in [0, 0.05) is 7.05 Å². The van der Waals surface area contributed by atoms with Crippen LogP contribution in [0.15, 0.2) is 18.3 Å². The van der Waals surface area contributed by atoms with E-state index in [1.54, 1.807) is 29.9 Å². The Morgan fingerprint density at radius 2 is 1.86 bits per heavy atom. The highest BCUT2D eigenvalue weighted by Crippen LogP contribution is 2.39. The molecule has 0 saturated heterocycles. The molecule has 7 heteroatoms. The lowest BCUT2D eigenvalue weighted by Crippen LogP contribution is -2.06. The second kappa shape index (κ2) is 6.69. The maximum absolute atomic E-state index is 9.24. The van der Waals surface area contributed by atoms with Crippen LogP contribution >= 0.6 is 11.6 Å². The molecule has 0 spiro atoms. The van der Waals surface area contributed by atoms with Gasteiger partial charge in [-0.2, -0.15) is 0 Å². The Labute approximate surface area is 127 Å². The zero-order chi connectivity index (χ0) is 15.4. The Morgan fingerprint density at radius 3 is 2.29 bits per heavy atom. The summed E-state index contributed by atoms with van der Waals surface area (Å²) in [4.78, 5) is 4.16. The molecule has 0 saturated carbocycles. The first-order valence-corrected chi connectivity index (χ1v) is 6.63. The van der Waals surface area contributed by atoms with Crippen molar-refractivity contribution in [2.24, 2.45) is 7.05 Å². The van der Waals surface area contributed by atoms with Crippen molar-refractivity contribution in [2.45, 2.75) is 13.2 Å². The molecule has 2 aromatic rings. The first-order valence-electron chi connectivity index (χ1n) is 6.25. The lowest BCUT2D eigenvalue weighted by Gasteiger charge is -2.15. The standard InChI is InChI=1S/C14H17ClN2O4/c1-17-12(15)6-16-13(17)8-21-14-10(19-2)4-9(7-18)5-11(14)20-3/h4-6,18H,7-8H2,1-3H3. The highest BCUT2D eigenvalue weighted by atomic mass is 35.5. The van der Waals surface area contributed by atoms with Crippen LogP contribution in [-0.4, -0.2) is 28.9 Å². The molecule has 0 aliphatic heterocycles. The van der Waals surface area contributed by atoms with Gasteiger partial charge in [0.05, 0.1) is 27.0 Å². The Bertz CT molecular complexity index is 602. The Morgan fingerprint density at radius 1 is 1.24 bits per heavy atom. The molecule has 0 bridgehead atoms. The van der Waals surface area contributed by atoms with Crippen LogP contribution < -0.4 is 14.2 Å². The van der Waals surface area contributed by atoms with E-state index in [9.17, 15) is 5.11 Å². The van der Waals surface area contributed by atoms with E-state index >= 15 is 0 Å². The van der Waals surface area contributed by atoms with E-state index in [-0.39, 0.29) is 13.2 Å². The average molecular weight is 313 g/mol. The zero-order valence-corrected chi connectivity index (χ0v) is 12.8. The quantitative estimate of drug-likeness (QED) is 0.885. The minimum Gasteiger partial charge on any atom is -0.493 e. The maximum Gasteiger partial charge on any atom is 0.204 e. The number of aliphatic hydroxyl groups is 1. The normalized spacial score (nSPS) is 10.5. The number of methoxy groups -OCH3 is 2. The van der Waals surface area contributed by atoms with E-state index in [2.05, 4.69) is 4.98 Å². The summed E-state index contributed by atoms with van der Waals surface area (Å²) < 4.78 is 18.1. The molecule has 0 radical (unpaired) electrons. The van der Waals surface area contributed by atoms with E-state index in [0.29, 0.717) is 33.8 Å². The van der Waals surface area contributed by atoms with Crippen LogP contribution in [0.3, 0.4) is 0 Å². The first kappa shape index (κ1) is 15.5. The molecule has 6 nitrogen and oxygen atoms in total. The molecule has 1 aromatic heterocycles. The third kappa shape index (κ3) is 3.22. The number of hydrogen-bond acceptors (Lipinski definition) is 5. The van der Waals surface area contributed by atoms with Crippen LogP contribution in [0, 0.1) is 0 Å². The van der Waals surface area contributed by atoms with Crippen molar-refractivity contribution in [3.63, 3.8) is 0 Å². The molecule has 0 atom stereocenters. The van der Waals surface area contributed by atoms with Gasteiger partial charge in [-0.05, 0) is 17.7 Å². The Balaban J connectivity index is 2.28. The van der Waals surface area contributed by atoms with Crippen LogP contribution in [-0.2, 0) is 20.3 Å². The van der Waals surface area contributed by atoms with Crippen molar-refractivity contribution in [2.75, 3.05) is 14.2 Å². The van der Waals surface area contributed by atoms with Crippen LogP contribution in [0.25, 0.3) is 0 Å². The predicted octanol–water partition coefficient (Wildman–Crippen LogP) is 2.16. The largest absolute Gasteiger partial charge is 0.493 e. The SMILES string of the molecule is COc1cc(CO)cc(OC)c1OCc1ncc(Cl)n1C. The summed E-state index contributed by atoms with van der Waals surface area (Å²) in [5.41, 5.74) is 0.677. The highest BCUT2D eigenvalue weighted by Gasteiger charge is 2.15. The molecule has 0 fully saturated rings. The molecule has 2 rings (SSSR count). The fraction of sp³-hybridized carbons (Fsp3) is 0.357. The zero-order valence-electron chi connectivity index (χ0n) is 12.1. The summed E-state index contributed by atoms with van der Waals surface area (Å²) in [5, 5.41) is 9.77. The molecule has 0 aliphatic carbocycles. The number of imidazole rings is 1. The van der Waals surface area contributed by atoms with Gasteiger partial charge in [-0.3, -0.25) is 0 Å². The molecular weight excluding hydrogens is 296 g/mol. The van der Waals surface area contributed by atoms with Crippen LogP contribution in [0.1, 0.15) is 11.4 Å². The van der Waals surface area contributed by atoms with Gasteiger partial charge >= 0.3 is 0 Å². The number of hydrogen-bond donors (Lipinski definition) is 1. The fourth-order valence-electron chi connectivity index (χ4n) is 1.86. The van der Waals surface area contributed by atoms with E-state index in [1.165, 1.54) is 14.2 Å². The topological polar surface area (TPSA) is 65.7 Å². The third-order valence-corrected chi connectivity index (χ3v) is 3.43. The molecule has 0 amide bonds. The van der Waals surface area contributed by atoms with Gasteiger partial charge in [-0.25, -0.2) is 4.98 Å². The summed E-state index contributed by atoms with van der Waals surface area (Å²) >= 11 is 5.94. The van der Waals surface area contributed by atoms with Crippen LogP contribution in [0.5, 0.6) is 17.2 Å². The van der Waals surface area contributed by atoms with E-state index in [1.807, 2.05) is 0 Å². The molecule has 1 N–H and O–H groups in total. The monoisotopic (exact) mass is 312 g/mol. The maximum atomic E-state index is 9.24. The van der Waals surface area contributed by atoms with Crippen molar-refractivity contribution in [1.29, 1.82) is 0 Å². The number of ether oxygens (including phenoxy) is 3. The lowest BCUT2D eigenvalue weighted by atomic mass is 10.2. The first-order chi connectivity index (χ1) is 10.1. The van der Waals surface area contributed by atoms with Gasteiger partial charge in [0.25, 0.3) is 0 Å². The van der Waals surface area contributed by atoms with Crippen molar-refractivity contribution in [1.82, 2.24) is 9.55 Å². The second-order valence-corrected chi connectivity index (χ2v) is 4.72. The molecule has 1 aromatic carbocycles. The summed E-state index contributed by atoms with van der Waals surface area (Å²) in [6.45, 7) is 0.108. The number of halogens is 1. The smallest absolute Gasteiger partial charge is 0.204 e. The third-order valence-electron chi connectivity index (χ3n) is 3.08. The van der Waals surface area contributed by atoms with Crippen molar-refractivity contribution >= 4 is 11.6 Å². The van der Waals surface area contributed by atoms with Gasteiger partial charge < -0.3 is 23.9 Å². The van der Waals surface area contributed by atoms with Gasteiger partial charge in [0.1, 0.15) is 17.6 Å². The van der Waals surface area contributed by atoms with Gasteiger partial charge in [-0.15, -0.1) is 0 Å². The lowest BCUT2D eigenvalue weighted by molar-refractivity contribution is 0.252. The van der Waals surface area contributed by atoms with Gasteiger partial charge in [0.15, 0.2) is 11.5 Å². The molecule has 0 aliphatic rings. The van der Waals surface area contributed by atoms with Crippen molar-refractivity contribution in [3.8, 4) is 17.2 Å². The summed E-state index contributed by atoms with van der Waals surface area (Å²) in [7, 11) is 4.86. The van der Waals surface area contributed by atoms with Crippen LogP contribution in [0.4, 0.5) is 0 Å². The average Bonchev–Trinajstić information content (AvgIpc) is 2.83. The van der Waals surface area contributed by atoms with E-state index in [0.717, 1.165) is 0 Å². The summed E-state index contributed by atoms with van der Waals surface area (Å²) in [5.74, 6) is 2.10. The minimum atomic E-state index is -0.109. The number of aliphatic hydroxyl groups excluding tert-OH is 1. The molecular formula is C14H17ClN2O4. The fourth-order valence-corrected chi connectivity index (χ4v) is 2.01. The Kier molecular flexibility index (Phi) is 4.93. The summed E-state index contributed by atoms with van der Waals surface area (Å²) in [6.07, 6.45) is 1.56. The highest BCUT2D eigenvalue weighted by molar-refractivity contribution is 6.29. The predicted molar refractivity (Wildman–Crippen MR) is 78.0 cm³/mol. The molecule has 1 heterocycles. The van der Waals surface area contributed by atoms with E-state index < -0.39 is 0 Å². The van der Waals surface area contributed by atoms with Gasteiger partial charge in [0.2, 0.25) is 5.75 Å². The Hall–Kier alpha value is -1.92.